The van der Waals surface area contributed by atoms with Gasteiger partial charge in [0.15, 0.2) is 0 Å². The van der Waals surface area contributed by atoms with Crippen molar-refractivity contribution >= 4 is 18.0 Å². The number of fused-ring (bicyclic) bond motifs is 3. The predicted molar refractivity (Wildman–Crippen MR) is 193 cm³/mol. The van der Waals surface area contributed by atoms with Crippen molar-refractivity contribution in [2.45, 2.75) is 37.6 Å². The zero-order valence-electron chi connectivity index (χ0n) is 30.8. The Labute approximate surface area is 324 Å². The number of carbonyl (C=O) groups excluding carboxylic acids is 3. The van der Waals surface area contributed by atoms with E-state index in [4.69, 9.17) is 29.2 Å². The molecule has 2 N–H and O–H groups in total. The molecule has 0 aromatic heterocycles. The van der Waals surface area contributed by atoms with Gasteiger partial charge in [-0.3, -0.25) is 4.79 Å². The molecule has 308 valence electrons. The molecule has 0 saturated carbocycles. The van der Waals surface area contributed by atoms with Crippen molar-refractivity contribution in [3.63, 3.8) is 0 Å². The summed E-state index contributed by atoms with van der Waals surface area (Å²) in [6.07, 6.45) is -0.852. The van der Waals surface area contributed by atoms with Crippen LogP contribution in [-0.4, -0.2) is 96.6 Å². The maximum Gasteiger partial charge on any atom is 0.407 e. The minimum atomic E-state index is -2.43. The van der Waals surface area contributed by atoms with Gasteiger partial charge in [-0.2, -0.15) is 8.78 Å². The van der Waals surface area contributed by atoms with Gasteiger partial charge >= 0.3 is 12.1 Å². The van der Waals surface area contributed by atoms with Crippen molar-refractivity contribution < 1.29 is 64.8 Å². The fourth-order valence-electron chi connectivity index (χ4n) is 5.74. The highest BCUT2D eigenvalue weighted by molar-refractivity contribution is 5.83. The first-order valence-corrected chi connectivity index (χ1v) is 18.1. The first-order chi connectivity index (χ1) is 27.6. The summed E-state index contributed by atoms with van der Waals surface area (Å²) < 4.78 is 101. The average Bonchev–Trinajstić information content (AvgIpc) is 3.54. The van der Waals surface area contributed by atoms with Gasteiger partial charge in [0, 0.05) is 30.3 Å². The minimum Gasteiger partial charge on any atom is -0.449 e. The van der Waals surface area contributed by atoms with E-state index in [0.717, 1.165) is 22.3 Å². The molecule has 1 atom stereocenters. The molecule has 14 nitrogen and oxygen atoms in total. The van der Waals surface area contributed by atoms with Crippen LogP contribution < -0.4 is 15.4 Å². The van der Waals surface area contributed by atoms with Crippen molar-refractivity contribution in [2.24, 2.45) is 5.11 Å². The number of azide groups is 1. The summed E-state index contributed by atoms with van der Waals surface area (Å²) in [5, 5.41) is 8.29. The van der Waals surface area contributed by atoms with Crippen LogP contribution >= 0.6 is 0 Å². The predicted octanol–water partition coefficient (Wildman–Crippen LogP) is 6.25. The largest absolute Gasteiger partial charge is 0.449 e. The summed E-state index contributed by atoms with van der Waals surface area (Å²) >= 11 is 0. The van der Waals surface area contributed by atoms with Crippen molar-refractivity contribution in [3.05, 3.63) is 99.2 Å². The molecule has 0 bridgehead atoms. The molecule has 0 heterocycles. The number of rotatable bonds is 25. The summed E-state index contributed by atoms with van der Waals surface area (Å²) in [5.41, 5.74) is 11.9. The molecular formula is C38H42F5N5O9. The zero-order chi connectivity index (χ0) is 41.0. The summed E-state index contributed by atoms with van der Waals surface area (Å²) in [6.45, 7) is 2.62. The highest BCUT2D eigenvalue weighted by Crippen LogP contribution is 2.44. The number of esters is 1. The van der Waals surface area contributed by atoms with E-state index < -0.39 is 52.9 Å². The molecule has 4 rings (SSSR count). The van der Waals surface area contributed by atoms with Crippen molar-refractivity contribution in [2.75, 3.05) is 72.6 Å². The van der Waals surface area contributed by atoms with Crippen LogP contribution in [0.3, 0.4) is 0 Å². The molecule has 0 spiro atoms. The molecule has 3 aromatic rings. The van der Waals surface area contributed by atoms with E-state index >= 15 is 0 Å². The number of ether oxygens (including phenoxy) is 6. The fraction of sp³-hybridized carbons (Fsp3) is 0.447. The number of hydrogen-bond donors (Lipinski definition) is 2. The van der Waals surface area contributed by atoms with E-state index in [1.165, 1.54) is 0 Å². The zero-order valence-corrected chi connectivity index (χ0v) is 30.8. The van der Waals surface area contributed by atoms with Crippen LogP contribution in [0.1, 0.15) is 42.7 Å². The number of alkyl carbamates (subject to hydrolysis) is 1. The third kappa shape index (κ3) is 13.4. The Morgan fingerprint density at radius 2 is 1.25 bits per heavy atom. The normalized spacial score (nSPS) is 12.3. The lowest BCUT2D eigenvalue weighted by molar-refractivity contribution is -0.137. The Morgan fingerprint density at radius 1 is 0.719 bits per heavy atom. The topological polar surface area (TPSA) is 179 Å². The Kier molecular flexibility index (Phi) is 18.4. The molecule has 19 heteroatoms. The molecule has 3 aromatic carbocycles. The van der Waals surface area contributed by atoms with E-state index in [9.17, 15) is 36.3 Å². The number of amides is 2. The van der Waals surface area contributed by atoms with Gasteiger partial charge in [-0.1, -0.05) is 53.6 Å². The maximum atomic E-state index is 14.3. The average molecular weight is 808 g/mol. The number of halogens is 5. The summed E-state index contributed by atoms with van der Waals surface area (Å²) in [5.74, 6) is -15.8. The van der Waals surface area contributed by atoms with Crippen LogP contribution in [0.2, 0.25) is 0 Å². The standard InChI is InChI=1S/C38H42F5N5O9/c39-31-32(40)34(42)36(35(43)33(31)41)57-37(50)29(47-38(51)56-23-28-26-9-3-1-7-24(26)25-8-2-4-10-27(25)28)11-5-6-13-45-30(49)12-15-52-17-19-54-21-22-55-20-18-53-16-14-46-48-44/h1-4,7-10,28-29H,5-6,11-23H2,(H,45,49)(H,47,51). The lowest BCUT2D eigenvalue weighted by Gasteiger charge is -2.19. The van der Waals surface area contributed by atoms with E-state index in [0.29, 0.717) is 33.0 Å². The smallest absolute Gasteiger partial charge is 0.407 e. The van der Waals surface area contributed by atoms with Gasteiger partial charge in [-0.15, -0.1) is 0 Å². The first-order valence-electron chi connectivity index (χ1n) is 18.1. The Balaban J connectivity index is 1.19. The number of unbranched alkanes of at least 4 members (excludes halogenated alkanes) is 1. The van der Waals surface area contributed by atoms with Crippen LogP contribution in [0.5, 0.6) is 5.75 Å². The van der Waals surface area contributed by atoms with Gasteiger partial charge in [-0.05, 0) is 47.0 Å². The van der Waals surface area contributed by atoms with E-state index in [1.54, 1.807) is 0 Å². The Bertz CT molecular complexity index is 1790. The first kappa shape index (κ1) is 44.4. The summed E-state index contributed by atoms with van der Waals surface area (Å²) in [4.78, 5) is 40.9. The van der Waals surface area contributed by atoms with Gasteiger partial charge in [0.05, 0.1) is 52.9 Å². The van der Waals surface area contributed by atoms with E-state index in [-0.39, 0.29) is 77.0 Å². The van der Waals surface area contributed by atoms with Gasteiger partial charge < -0.3 is 39.1 Å². The summed E-state index contributed by atoms with van der Waals surface area (Å²) in [7, 11) is 0. The number of nitrogens with zero attached hydrogens (tertiary/aromatic N) is 3. The van der Waals surface area contributed by atoms with Crippen LogP contribution in [-0.2, 0) is 33.3 Å². The molecule has 2 amide bonds. The number of carbonyl (C=O) groups is 3. The van der Waals surface area contributed by atoms with Crippen LogP contribution in [0, 0.1) is 29.1 Å². The number of nitrogens with one attached hydrogen (secondary N) is 2. The minimum absolute atomic E-state index is 0.0446. The van der Waals surface area contributed by atoms with Crippen molar-refractivity contribution in [1.82, 2.24) is 10.6 Å². The number of hydrogen-bond acceptors (Lipinski definition) is 10. The molecule has 0 fully saturated rings. The van der Waals surface area contributed by atoms with E-state index in [2.05, 4.69) is 25.4 Å². The third-order valence-corrected chi connectivity index (χ3v) is 8.52. The molecule has 57 heavy (non-hydrogen) atoms. The monoisotopic (exact) mass is 807 g/mol. The molecule has 1 aliphatic carbocycles. The molecule has 0 radical (unpaired) electrons. The second-order valence-corrected chi connectivity index (χ2v) is 12.3. The van der Waals surface area contributed by atoms with Crippen LogP contribution in [0.4, 0.5) is 26.7 Å². The van der Waals surface area contributed by atoms with Crippen molar-refractivity contribution in [3.8, 4) is 16.9 Å². The fourth-order valence-corrected chi connectivity index (χ4v) is 5.74. The van der Waals surface area contributed by atoms with Gasteiger partial charge in [-0.25, -0.2) is 22.8 Å². The van der Waals surface area contributed by atoms with Crippen molar-refractivity contribution in [1.29, 1.82) is 0 Å². The lowest BCUT2D eigenvalue weighted by Crippen LogP contribution is -2.44. The SMILES string of the molecule is [N-]=[N+]=NCCOCCOCCOCCOCCC(=O)NCCCCC(NC(=O)OCC1c2ccccc2-c2ccccc21)C(=O)Oc1c(F)c(F)c(F)c(F)c1F. The molecule has 1 aliphatic rings. The second-order valence-electron chi connectivity index (χ2n) is 12.3. The lowest BCUT2D eigenvalue weighted by atomic mass is 9.98. The van der Waals surface area contributed by atoms with Gasteiger partial charge in [0.2, 0.25) is 40.7 Å². The highest BCUT2D eigenvalue weighted by Gasteiger charge is 2.33. The Morgan fingerprint density at radius 3 is 1.82 bits per heavy atom. The Hall–Kier alpha value is -5.33. The molecule has 1 unspecified atom stereocenters. The van der Waals surface area contributed by atoms with Gasteiger partial charge in [0.1, 0.15) is 12.6 Å². The quantitative estimate of drug-likeness (QED) is 0.0115. The van der Waals surface area contributed by atoms with Gasteiger partial charge in [0.25, 0.3) is 0 Å². The van der Waals surface area contributed by atoms with E-state index in [1.807, 2.05) is 48.5 Å². The highest BCUT2D eigenvalue weighted by atomic mass is 19.2. The summed E-state index contributed by atoms with van der Waals surface area (Å²) in [6, 6.07) is 13.5. The number of benzene rings is 3. The molecular weight excluding hydrogens is 765 g/mol. The molecule has 0 aliphatic heterocycles. The molecule has 0 saturated heterocycles. The third-order valence-electron chi connectivity index (χ3n) is 8.52. The van der Waals surface area contributed by atoms with Crippen LogP contribution in [0.25, 0.3) is 21.6 Å². The van der Waals surface area contributed by atoms with Crippen LogP contribution in [0.15, 0.2) is 53.6 Å². The maximum absolute atomic E-state index is 14.3. The second kappa shape index (κ2) is 23.7.